The number of hydrogen-bond acceptors (Lipinski definition) is 4. The largest absolute Gasteiger partial charge is 0.506 e. The van der Waals surface area contributed by atoms with Crippen LogP contribution in [0.2, 0.25) is 0 Å². The second kappa shape index (κ2) is 6.50. The monoisotopic (exact) mass is 272 g/mol. The molecule has 20 heavy (non-hydrogen) atoms. The van der Waals surface area contributed by atoms with E-state index in [1.54, 1.807) is 13.1 Å². The zero-order chi connectivity index (χ0) is 14.5. The Labute approximate surface area is 119 Å². The second-order valence-electron chi connectivity index (χ2n) is 4.87. The Kier molecular flexibility index (Phi) is 4.71. The van der Waals surface area contributed by atoms with E-state index in [1.807, 2.05) is 18.2 Å². The molecule has 0 saturated heterocycles. The van der Waals surface area contributed by atoms with Crippen molar-refractivity contribution in [1.29, 1.82) is 0 Å². The minimum Gasteiger partial charge on any atom is -0.506 e. The second-order valence-corrected chi connectivity index (χ2v) is 4.87. The highest BCUT2D eigenvalue weighted by atomic mass is 16.3. The summed E-state index contributed by atoms with van der Waals surface area (Å²) in [7, 11) is 0. The van der Waals surface area contributed by atoms with Crippen molar-refractivity contribution in [2.75, 3.05) is 0 Å². The third kappa shape index (κ3) is 3.15. The minimum absolute atomic E-state index is 0.127. The molecule has 0 aliphatic heterocycles. The van der Waals surface area contributed by atoms with E-state index in [4.69, 9.17) is 0 Å². The predicted molar refractivity (Wildman–Crippen MR) is 78.3 cm³/mol. The third-order valence-electron chi connectivity index (χ3n) is 3.49. The molecule has 0 bridgehead atoms. The number of rotatable bonds is 5. The van der Waals surface area contributed by atoms with Crippen LogP contribution in [0.4, 0.5) is 0 Å². The van der Waals surface area contributed by atoms with E-state index in [0.717, 1.165) is 0 Å². The van der Waals surface area contributed by atoms with Gasteiger partial charge in [0.05, 0.1) is 12.3 Å². The molecule has 1 unspecified atom stereocenters. The summed E-state index contributed by atoms with van der Waals surface area (Å²) in [6, 6.07) is 10.3. The van der Waals surface area contributed by atoms with Gasteiger partial charge < -0.3 is 15.5 Å². The van der Waals surface area contributed by atoms with Crippen LogP contribution in [0.15, 0.2) is 36.5 Å². The summed E-state index contributed by atoms with van der Waals surface area (Å²) >= 11 is 0. The molecule has 2 rings (SSSR count). The molecule has 106 valence electrons. The molecule has 1 aromatic carbocycles. The molecule has 3 N–H and O–H groups in total. The van der Waals surface area contributed by atoms with Gasteiger partial charge in [-0.1, -0.05) is 30.3 Å². The summed E-state index contributed by atoms with van der Waals surface area (Å²) in [5.41, 5.74) is 3.12. The van der Waals surface area contributed by atoms with Crippen LogP contribution in [-0.2, 0) is 13.2 Å². The van der Waals surface area contributed by atoms with Crippen LogP contribution in [0.5, 0.6) is 5.75 Å². The Balaban J connectivity index is 2.13. The summed E-state index contributed by atoms with van der Waals surface area (Å²) in [6.45, 7) is 4.18. The van der Waals surface area contributed by atoms with Crippen molar-refractivity contribution < 1.29 is 10.2 Å². The lowest BCUT2D eigenvalue weighted by molar-refractivity contribution is 0.278. The highest BCUT2D eigenvalue weighted by molar-refractivity contribution is 5.40. The third-order valence-corrected chi connectivity index (χ3v) is 3.49. The molecule has 2 aromatic rings. The van der Waals surface area contributed by atoms with Crippen molar-refractivity contribution >= 4 is 0 Å². The average Bonchev–Trinajstić information content (AvgIpc) is 2.49. The molecular formula is C16H20N2O2. The van der Waals surface area contributed by atoms with Crippen LogP contribution in [0.25, 0.3) is 0 Å². The normalized spacial score (nSPS) is 12.3. The zero-order valence-corrected chi connectivity index (χ0v) is 11.8. The number of aliphatic hydroxyl groups excluding tert-OH is 1. The Morgan fingerprint density at radius 3 is 2.60 bits per heavy atom. The number of aliphatic hydroxyl groups is 1. The van der Waals surface area contributed by atoms with Crippen molar-refractivity contribution in [2.24, 2.45) is 0 Å². The van der Waals surface area contributed by atoms with Crippen LogP contribution in [-0.4, -0.2) is 15.2 Å². The molecule has 0 radical (unpaired) electrons. The smallest absolute Gasteiger partial charge is 0.141 e. The SMILES string of the molecule is Cc1ncc(CO)c(CNC(C)c2ccccc2)c1O. The first-order valence-corrected chi connectivity index (χ1v) is 6.69. The number of nitrogens with one attached hydrogen (secondary N) is 1. The Morgan fingerprint density at radius 1 is 1.25 bits per heavy atom. The molecule has 0 aliphatic rings. The molecule has 0 fully saturated rings. The predicted octanol–water partition coefficient (Wildman–Crippen LogP) is 2.44. The van der Waals surface area contributed by atoms with Gasteiger partial charge in [0.15, 0.2) is 0 Å². The lowest BCUT2D eigenvalue weighted by Gasteiger charge is -2.17. The van der Waals surface area contributed by atoms with Gasteiger partial charge in [-0.05, 0) is 19.4 Å². The number of aryl methyl sites for hydroxylation is 1. The van der Waals surface area contributed by atoms with Crippen LogP contribution in [0.3, 0.4) is 0 Å². The Bertz CT molecular complexity index is 570. The molecule has 1 heterocycles. The Morgan fingerprint density at radius 2 is 1.95 bits per heavy atom. The summed E-state index contributed by atoms with van der Waals surface area (Å²) in [5.74, 6) is 0.157. The van der Waals surface area contributed by atoms with Crippen molar-refractivity contribution in [1.82, 2.24) is 10.3 Å². The molecule has 1 atom stereocenters. The minimum atomic E-state index is -0.127. The molecule has 0 aliphatic carbocycles. The fourth-order valence-electron chi connectivity index (χ4n) is 2.13. The van der Waals surface area contributed by atoms with Gasteiger partial charge in [0, 0.05) is 29.9 Å². The number of hydrogen-bond donors (Lipinski definition) is 3. The fraction of sp³-hybridized carbons (Fsp3) is 0.312. The van der Waals surface area contributed by atoms with Gasteiger partial charge in [0.25, 0.3) is 0 Å². The summed E-state index contributed by atoms with van der Waals surface area (Å²) in [5, 5.41) is 22.8. The molecule has 1 aromatic heterocycles. The molecule has 4 nitrogen and oxygen atoms in total. The maximum atomic E-state index is 10.1. The Hall–Kier alpha value is -1.91. The van der Waals surface area contributed by atoms with Gasteiger partial charge in [-0.15, -0.1) is 0 Å². The average molecular weight is 272 g/mol. The van der Waals surface area contributed by atoms with E-state index >= 15 is 0 Å². The number of aromatic nitrogens is 1. The van der Waals surface area contributed by atoms with E-state index in [0.29, 0.717) is 23.4 Å². The lowest BCUT2D eigenvalue weighted by Crippen LogP contribution is -2.19. The van der Waals surface area contributed by atoms with Crippen molar-refractivity contribution in [3.05, 3.63) is 58.9 Å². The summed E-state index contributed by atoms with van der Waals surface area (Å²) < 4.78 is 0. The van der Waals surface area contributed by atoms with Crippen molar-refractivity contribution in [2.45, 2.75) is 33.0 Å². The molecule has 4 heteroatoms. The van der Waals surface area contributed by atoms with Gasteiger partial charge in [-0.25, -0.2) is 0 Å². The van der Waals surface area contributed by atoms with Crippen LogP contribution >= 0.6 is 0 Å². The van der Waals surface area contributed by atoms with E-state index in [1.165, 1.54) is 5.56 Å². The number of nitrogens with zero attached hydrogens (tertiary/aromatic N) is 1. The first kappa shape index (κ1) is 14.5. The van der Waals surface area contributed by atoms with E-state index in [2.05, 4.69) is 29.4 Å². The van der Waals surface area contributed by atoms with Gasteiger partial charge in [0.1, 0.15) is 5.75 Å². The summed E-state index contributed by atoms with van der Waals surface area (Å²) in [4.78, 5) is 4.06. The van der Waals surface area contributed by atoms with Gasteiger partial charge in [-0.2, -0.15) is 0 Å². The van der Waals surface area contributed by atoms with E-state index in [-0.39, 0.29) is 18.4 Å². The first-order chi connectivity index (χ1) is 9.63. The summed E-state index contributed by atoms with van der Waals surface area (Å²) in [6.07, 6.45) is 1.61. The van der Waals surface area contributed by atoms with E-state index < -0.39 is 0 Å². The maximum absolute atomic E-state index is 10.1. The van der Waals surface area contributed by atoms with E-state index in [9.17, 15) is 10.2 Å². The number of benzene rings is 1. The fourth-order valence-corrected chi connectivity index (χ4v) is 2.13. The molecule has 0 amide bonds. The number of pyridine rings is 1. The maximum Gasteiger partial charge on any atom is 0.141 e. The lowest BCUT2D eigenvalue weighted by atomic mass is 10.1. The molecular weight excluding hydrogens is 252 g/mol. The van der Waals surface area contributed by atoms with Gasteiger partial charge in [0.2, 0.25) is 0 Å². The molecule has 0 saturated carbocycles. The van der Waals surface area contributed by atoms with Crippen LogP contribution in [0.1, 0.15) is 35.3 Å². The topological polar surface area (TPSA) is 65.4 Å². The first-order valence-electron chi connectivity index (χ1n) is 6.69. The van der Waals surface area contributed by atoms with Gasteiger partial charge in [-0.3, -0.25) is 4.98 Å². The van der Waals surface area contributed by atoms with Crippen LogP contribution < -0.4 is 5.32 Å². The highest BCUT2D eigenvalue weighted by Crippen LogP contribution is 2.24. The van der Waals surface area contributed by atoms with Crippen molar-refractivity contribution in [3.63, 3.8) is 0 Å². The zero-order valence-electron chi connectivity index (χ0n) is 11.8. The van der Waals surface area contributed by atoms with Gasteiger partial charge >= 0.3 is 0 Å². The van der Waals surface area contributed by atoms with Crippen LogP contribution in [0, 0.1) is 6.92 Å². The highest BCUT2D eigenvalue weighted by Gasteiger charge is 2.12. The molecule has 0 spiro atoms. The van der Waals surface area contributed by atoms with Crippen molar-refractivity contribution in [3.8, 4) is 5.75 Å². The number of aromatic hydroxyl groups is 1. The quantitative estimate of drug-likeness (QED) is 0.782. The standard InChI is InChI=1S/C16H20N2O2/c1-11(13-6-4-3-5-7-13)18-9-15-14(10-19)8-17-12(2)16(15)20/h3-8,11,18-20H,9-10H2,1-2H3.